The van der Waals surface area contributed by atoms with Gasteiger partial charge in [-0.05, 0) is 23.3 Å². The molecule has 1 nitrogen and oxygen atoms in total. The van der Waals surface area contributed by atoms with Crippen LogP contribution in [0.25, 0.3) is 0 Å². The van der Waals surface area contributed by atoms with E-state index in [1.54, 1.807) is 6.08 Å². The number of carbonyl (C=O) groups excluding carboxylic acids is 1. The van der Waals surface area contributed by atoms with Crippen molar-refractivity contribution < 1.29 is 4.79 Å². The minimum absolute atomic E-state index is 0.109. The molecule has 0 aromatic carbocycles. The Bertz CT molecular complexity index is 210. The van der Waals surface area contributed by atoms with Crippen LogP contribution in [-0.4, -0.2) is 5.78 Å². The first-order chi connectivity index (χ1) is 6.10. The average Bonchev–Trinajstić information content (AvgIpc) is 1.94. The lowest BCUT2D eigenvalue weighted by molar-refractivity contribution is -0.115. The van der Waals surface area contributed by atoms with Crippen molar-refractivity contribution in [1.82, 2.24) is 0 Å². The summed E-state index contributed by atoms with van der Waals surface area (Å²) < 4.78 is 0. The summed E-state index contributed by atoms with van der Waals surface area (Å²) in [4.78, 5) is 11.4. The molecule has 0 fully saturated rings. The van der Waals surface area contributed by atoms with E-state index < -0.39 is 0 Å². The summed E-state index contributed by atoms with van der Waals surface area (Å²) in [5.41, 5.74) is 0.364. The summed E-state index contributed by atoms with van der Waals surface area (Å²) in [7, 11) is 0. The molecule has 0 saturated heterocycles. The highest BCUT2D eigenvalue weighted by Crippen LogP contribution is 2.21. The van der Waals surface area contributed by atoms with Crippen LogP contribution in [0.3, 0.4) is 0 Å². The molecule has 0 heterocycles. The topological polar surface area (TPSA) is 17.1 Å². The molecule has 0 unspecified atom stereocenters. The van der Waals surface area contributed by atoms with Crippen LogP contribution in [0.15, 0.2) is 12.2 Å². The Kier molecular flexibility index (Phi) is 4.57. The fraction of sp³-hybridized carbons (Fsp3) is 0.769. The monoisotopic (exact) mass is 196 g/mol. The number of ketones is 1. The van der Waals surface area contributed by atoms with E-state index >= 15 is 0 Å². The third-order valence-electron chi connectivity index (χ3n) is 1.89. The number of hydrogen-bond acceptors (Lipinski definition) is 1. The summed E-state index contributed by atoms with van der Waals surface area (Å²) in [6.45, 7) is 12.8. The van der Waals surface area contributed by atoms with E-state index in [1.165, 1.54) is 0 Å². The van der Waals surface area contributed by atoms with E-state index in [-0.39, 0.29) is 16.6 Å². The molecule has 0 aliphatic carbocycles. The van der Waals surface area contributed by atoms with Gasteiger partial charge in [-0.2, -0.15) is 0 Å². The standard InChI is InChI=1S/C13H24O/c1-12(2,3)9-7-11(14)8-10-13(4,5)6/h7,9H,8,10H2,1-6H3/b9-7+. The third kappa shape index (κ3) is 9.50. The van der Waals surface area contributed by atoms with Crippen LogP contribution >= 0.6 is 0 Å². The number of hydrogen-bond donors (Lipinski definition) is 0. The van der Waals surface area contributed by atoms with Crippen LogP contribution in [0.4, 0.5) is 0 Å². The normalized spacial score (nSPS) is 13.6. The smallest absolute Gasteiger partial charge is 0.155 e. The number of carbonyl (C=O) groups is 1. The summed E-state index contributed by atoms with van der Waals surface area (Å²) in [5, 5.41) is 0. The van der Waals surface area contributed by atoms with Crippen molar-refractivity contribution in [3.8, 4) is 0 Å². The quantitative estimate of drug-likeness (QED) is 0.624. The SMILES string of the molecule is CC(C)(C)/C=C/C(=O)CCC(C)(C)C. The maximum atomic E-state index is 11.4. The van der Waals surface area contributed by atoms with Gasteiger partial charge in [0.2, 0.25) is 0 Å². The van der Waals surface area contributed by atoms with Gasteiger partial charge in [0.15, 0.2) is 5.78 Å². The molecule has 1 heteroatoms. The second-order valence-corrected chi connectivity index (χ2v) is 6.23. The molecule has 0 amide bonds. The first-order valence-electron chi connectivity index (χ1n) is 5.32. The van der Waals surface area contributed by atoms with Gasteiger partial charge in [0.1, 0.15) is 0 Å². The molecule has 14 heavy (non-hydrogen) atoms. The van der Waals surface area contributed by atoms with E-state index in [0.717, 1.165) is 6.42 Å². The van der Waals surface area contributed by atoms with Gasteiger partial charge in [0, 0.05) is 6.42 Å². The van der Waals surface area contributed by atoms with Gasteiger partial charge in [0.05, 0.1) is 0 Å². The van der Waals surface area contributed by atoms with E-state index in [0.29, 0.717) is 6.42 Å². The first-order valence-corrected chi connectivity index (χ1v) is 5.32. The number of allylic oxidation sites excluding steroid dienone is 2. The second kappa shape index (κ2) is 4.77. The molecule has 0 bridgehead atoms. The zero-order valence-corrected chi connectivity index (χ0v) is 10.5. The molecule has 82 valence electrons. The minimum atomic E-state index is 0.109. The third-order valence-corrected chi connectivity index (χ3v) is 1.89. The molecule has 0 rings (SSSR count). The zero-order valence-electron chi connectivity index (χ0n) is 10.5. The molecular weight excluding hydrogens is 172 g/mol. The predicted octanol–water partition coefficient (Wildman–Crippen LogP) is 3.98. The lowest BCUT2D eigenvalue weighted by Crippen LogP contribution is -2.08. The summed E-state index contributed by atoms with van der Waals surface area (Å²) in [6, 6.07) is 0. The van der Waals surface area contributed by atoms with Crippen molar-refractivity contribution in [3.63, 3.8) is 0 Å². The molecule has 0 aliphatic heterocycles. The Morgan fingerprint density at radius 1 is 1.07 bits per heavy atom. The van der Waals surface area contributed by atoms with Crippen LogP contribution in [0.5, 0.6) is 0 Å². The Morgan fingerprint density at radius 2 is 1.57 bits per heavy atom. The highest BCUT2D eigenvalue weighted by atomic mass is 16.1. The van der Waals surface area contributed by atoms with Gasteiger partial charge in [-0.15, -0.1) is 0 Å². The predicted molar refractivity (Wildman–Crippen MR) is 62.3 cm³/mol. The highest BCUT2D eigenvalue weighted by molar-refractivity contribution is 5.89. The Morgan fingerprint density at radius 3 is 1.93 bits per heavy atom. The van der Waals surface area contributed by atoms with Crippen LogP contribution < -0.4 is 0 Å². The van der Waals surface area contributed by atoms with E-state index in [1.807, 2.05) is 6.08 Å². The van der Waals surface area contributed by atoms with Crippen molar-refractivity contribution in [1.29, 1.82) is 0 Å². The van der Waals surface area contributed by atoms with Crippen LogP contribution in [-0.2, 0) is 4.79 Å². The van der Waals surface area contributed by atoms with Crippen molar-refractivity contribution >= 4 is 5.78 Å². The lowest BCUT2D eigenvalue weighted by Gasteiger charge is -2.16. The summed E-state index contributed by atoms with van der Waals surface area (Å²) in [6.07, 6.45) is 5.33. The Hall–Kier alpha value is -0.590. The molecule has 0 spiro atoms. The van der Waals surface area contributed by atoms with Crippen molar-refractivity contribution in [3.05, 3.63) is 12.2 Å². The zero-order chi connectivity index (χ0) is 11.4. The molecule has 0 aliphatic rings. The maximum absolute atomic E-state index is 11.4. The molecule has 0 aromatic heterocycles. The summed E-state index contributed by atoms with van der Waals surface area (Å²) in [5.74, 6) is 0.245. The van der Waals surface area contributed by atoms with Crippen molar-refractivity contribution in [2.24, 2.45) is 10.8 Å². The first kappa shape index (κ1) is 13.4. The van der Waals surface area contributed by atoms with Crippen LogP contribution in [0, 0.1) is 10.8 Å². The average molecular weight is 196 g/mol. The van der Waals surface area contributed by atoms with Gasteiger partial charge in [-0.25, -0.2) is 0 Å². The fourth-order valence-electron chi connectivity index (χ4n) is 0.924. The van der Waals surface area contributed by atoms with Gasteiger partial charge < -0.3 is 0 Å². The van der Waals surface area contributed by atoms with E-state index in [4.69, 9.17) is 0 Å². The Balaban J connectivity index is 3.95. The lowest BCUT2D eigenvalue weighted by atomic mass is 9.89. The van der Waals surface area contributed by atoms with Gasteiger partial charge in [-0.3, -0.25) is 4.79 Å². The molecular formula is C13H24O. The summed E-state index contributed by atoms with van der Waals surface area (Å²) >= 11 is 0. The van der Waals surface area contributed by atoms with Crippen LogP contribution in [0.1, 0.15) is 54.4 Å². The van der Waals surface area contributed by atoms with Crippen molar-refractivity contribution in [2.45, 2.75) is 54.4 Å². The van der Waals surface area contributed by atoms with E-state index in [9.17, 15) is 4.79 Å². The molecule has 0 atom stereocenters. The van der Waals surface area contributed by atoms with Crippen molar-refractivity contribution in [2.75, 3.05) is 0 Å². The Labute approximate surface area is 88.6 Å². The molecule has 0 radical (unpaired) electrons. The second-order valence-electron chi connectivity index (χ2n) is 6.23. The van der Waals surface area contributed by atoms with Gasteiger partial charge in [0.25, 0.3) is 0 Å². The highest BCUT2D eigenvalue weighted by Gasteiger charge is 2.12. The maximum Gasteiger partial charge on any atom is 0.155 e. The molecule has 0 aromatic rings. The van der Waals surface area contributed by atoms with Crippen LogP contribution in [0.2, 0.25) is 0 Å². The van der Waals surface area contributed by atoms with E-state index in [2.05, 4.69) is 41.5 Å². The molecule has 0 saturated carbocycles. The fourth-order valence-corrected chi connectivity index (χ4v) is 0.924. The van der Waals surface area contributed by atoms with Gasteiger partial charge >= 0.3 is 0 Å². The van der Waals surface area contributed by atoms with Gasteiger partial charge in [-0.1, -0.05) is 47.6 Å². The molecule has 0 N–H and O–H groups in total. The number of rotatable bonds is 3. The largest absolute Gasteiger partial charge is 0.295 e. The minimum Gasteiger partial charge on any atom is -0.295 e.